The molecule has 0 unspecified atom stereocenters. The molecule has 0 bridgehead atoms. The summed E-state index contributed by atoms with van der Waals surface area (Å²) < 4.78 is 12.9. The minimum atomic E-state index is -0.196. The summed E-state index contributed by atoms with van der Waals surface area (Å²) in [6.07, 6.45) is 1.86. The molecular weight excluding hydrogens is 291 g/mol. The van der Waals surface area contributed by atoms with Crippen molar-refractivity contribution in [3.05, 3.63) is 59.5 Å². The lowest BCUT2D eigenvalue weighted by atomic mass is 10.2. The van der Waals surface area contributed by atoms with E-state index >= 15 is 0 Å². The van der Waals surface area contributed by atoms with Gasteiger partial charge in [0.2, 0.25) is 0 Å². The van der Waals surface area contributed by atoms with Crippen LogP contribution in [0.25, 0.3) is 0 Å². The van der Waals surface area contributed by atoms with Gasteiger partial charge in [0, 0.05) is 51.0 Å². The van der Waals surface area contributed by atoms with Gasteiger partial charge in [-0.05, 0) is 30.8 Å². The first-order valence-corrected chi connectivity index (χ1v) is 8.05. The van der Waals surface area contributed by atoms with Crippen molar-refractivity contribution in [1.82, 2.24) is 15.2 Å². The van der Waals surface area contributed by atoms with Crippen LogP contribution in [0.5, 0.6) is 0 Å². The second-order valence-electron chi connectivity index (χ2n) is 6.01. The molecular formula is C18H23FN4. The molecule has 0 aliphatic carbocycles. The summed E-state index contributed by atoms with van der Waals surface area (Å²) in [4.78, 5) is 9.28. The van der Waals surface area contributed by atoms with Crippen LogP contribution in [-0.4, -0.2) is 43.1 Å². The fraction of sp³-hybridized carbons (Fsp3) is 0.389. The van der Waals surface area contributed by atoms with Crippen LogP contribution in [0.15, 0.2) is 42.6 Å². The van der Waals surface area contributed by atoms with Crippen molar-refractivity contribution in [2.75, 3.05) is 38.1 Å². The Morgan fingerprint density at radius 3 is 2.52 bits per heavy atom. The molecule has 2 aromatic rings. The van der Waals surface area contributed by atoms with E-state index in [-0.39, 0.29) is 5.82 Å². The van der Waals surface area contributed by atoms with E-state index in [1.807, 2.05) is 24.4 Å². The van der Waals surface area contributed by atoms with Gasteiger partial charge in [-0.15, -0.1) is 0 Å². The summed E-state index contributed by atoms with van der Waals surface area (Å²) in [6, 6.07) is 10.7. The van der Waals surface area contributed by atoms with E-state index in [0.717, 1.165) is 50.6 Å². The van der Waals surface area contributed by atoms with Gasteiger partial charge >= 0.3 is 0 Å². The SMILES string of the molecule is CN1CCN(c2ncccc2CNCc2ccc(F)cc2)CC1. The van der Waals surface area contributed by atoms with Crippen LogP contribution in [0.4, 0.5) is 10.2 Å². The number of hydrogen-bond donors (Lipinski definition) is 1. The number of rotatable bonds is 5. The van der Waals surface area contributed by atoms with Crippen molar-refractivity contribution in [2.24, 2.45) is 0 Å². The van der Waals surface area contributed by atoms with E-state index in [9.17, 15) is 4.39 Å². The second kappa shape index (κ2) is 7.53. The predicted octanol–water partition coefficient (Wildman–Crippen LogP) is 2.26. The maximum Gasteiger partial charge on any atom is 0.133 e. The van der Waals surface area contributed by atoms with Crippen LogP contribution >= 0.6 is 0 Å². The zero-order valence-electron chi connectivity index (χ0n) is 13.5. The number of aromatic nitrogens is 1. The smallest absolute Gasteiger partial charge is 0.133 e. The lowest BCUT2D eigenvalue weighted by Crippen LogP contribution is -2.45. The molecule has 0 radical (unpaired) electrons. The quantitative estimate of drug-likeness (QED) is 0.917. The Bertz CT molecular complexity index is 621. The lowest BCUT2D eigenvalue weighted by molar-refractivity contribution is 0.311. The fourth-order valence-corrected chi connectivity index (χ4v) is 2.82. The third kappa shape index (κ3) is 4.27. The molecule has 1 N–H and O–H groups in total. The van der Waals surface area contributed by atoms with Crippen LogP contribution in [0.2, 0.25) is 0 Å². The number of benzene rings is 1. The number of halogens is 1. The number of anilines is 1. The topological polar surface area (TPSA) is 31.4 Å². The average molecular weight is 314 g/mol. The van der Waals surface area contributed by atoms with Gasteiger partial charge in [-0.25, -0.2) is 9.37 Å². The van der Waals surface area contributed by atoms with Gasteiger partial charge in [0.05, 0.1) is 0 Å². The van der Waals surface area contributed by atoms with Crippen molar-refractivity contribution in [3.63, 3.8) is 0 Å². The molecule has 23 heavy (non-hydrogen) atoms. The van der Waals surface area contributed by atoms with Gasteiger partial charge in [-0.3, -0.25) is 0 Å². The molecule has 2 heterocycles. The zero-order valence-corrected chi connectivity index (χ0v) is 13.5. The largest absolute Gasteiger partial charge is 0.354 e. The highest BCUT2D eigenvalue weighted by Gasteiger charge is 2.17. The van der Waals surface area contributed by atoms with Crippen LogP contribution in [0, 0.1) is 5.82 Å². The van der Waals surface area contributed by atoms with E-state index in [1.54, 1.807) is 0 Å². The Morgan fingerprint density at radius 1 is 1.04 bits per heavy atom. The van der Waals surface area contributed by atoms with Crippen molar-refractivity contribution in [1.29, 1.82) is 0 Å². The highest BCUT2D eigenvalue weighted by Crippen LogP contribution is 2.18. The molecule has 4 nitrogen and oxygen atoms in total. The highest BCUT2D eigenvalue weighted by molar-refractivity contribution is 5.47. The van der Waals surface area contributed by atoms with Gasteiger partial charge in [0.25, 0.3) is 0 Å². The molecule has 0 saturated carbocycles. The van der Waals surface area contributed by atoms with E-state index in [2.05, 4.69) is 33.2 Å². The Morgan fingerprint density at radius 2 is 1.78 bits per heavy atom. The molecule has 1 saturated heterocycles. The number of nitrogens with one attached hydrogen (secondary N) is 1. The Balaban J connectivity index is 1.60. The Labute approximate surface area is 136 Å². The van der Waals surface area contributed by atoms with Gasteiger partial charge < -0.3 is 15.1 Å². The standard InChI is InChI=1S/C18H23FN4/c1-22-9-11-23(12-10-22)18-16(3-2-8-21-18)14-20-13-15-4-6-17(19)7-5-15/h2-8,20H,9-14H2,1H3. The third-order valence-electron chi connectivity index (χ3n) is 4.23. The number of hydrogen-bond acceptors (Lipinski definition) is 4. The molecule has 122 valence electrons. The summed E-state index contributed by atoms with van der Waals surface area (Å²) in [5.41, 5.74) is 2.29. The molecule has 1 aliphatic heterocycles. The Kier molecular flexibility index (Phi) is 5.20. The van der Waals surface area contributed by atoms with Crippen molar-refractivity contribution in [3.8, 4) is 0 Å². The summed E-state index contributed by atoms with van der Waals surface area (Å²) in [6.45, 7) is 5.64. The van der Waals surface area contributed by atoms with E-state index < -0.39 is 0 Å². The first-order chi connectivity index (χ1) is 11.2. The minimum absolute atomic E-state index is 0.196. The fourth-order valence-electron chi connectivity index (χ4n) is 2.82. The third-order valence-corrected chi connectivity index (χ3v) is 4.23. The van der Waals surface area contributed by atoms with E-state index in [4.69, 9.17) is 0 Å². The molecule has 0 spiro atoms. The minimum Gasteiger partial charge on any atom is -0.354 e. The maximum absolute atomic E-state index is 12.9. The van der Waals surface area contributed by atoms with Crippen molar-refractivity contribution >= 4 is 5.82 Å². The summed E-state index contributed by atoms with van der Waals surface area (Å²) in [5, 5.41) is 3.43. The van der Waals surface area contributed by atoms with Gasteiger partial charge in [-0.1, -0.05) is 18.2 Å². The molecule has 5 heteroatoms. The number of likely N-dealkylation sites (N-methyl/N-ethyl adjacent to an activating group) is 1. The molecule has 1 aliphatic rings. The van der Waals surface area contributed by atoms with E-state index in [1.165, 1.54) is 17.7 Å². The first-order valence-electron chi connectivity index (χ1n) is 8.05. The average Bonchev–Trinajstić information content (AvgIpc) is 2.58. The van der Waals surface area contributed by atoms with Crippen LogP contribution in [0.3, 0.4) is 0 Å². The zero-order chi connectivity index (χ0) is 16.1. The number of nitrogens with zero attached hydrogens (tertiary/aromatic N) is 3. The molecule has 1 fully saturated rings. The summed E-state index contributed by atoms with van der Waals surface area (Å²) in [5.74, 6) is 0.880. The van der Waals surface area contributed by atoms with Gasteiger partial charge in [-0.2, -0.15) is 0 Å². The van der Waals surface area contributed by atoms with Crippen molar-refractivity contribution < 1.29 is 4.39 Å². The molecule has 0 amide bonds. The molecule has 1 aromatic heterocycles. The summed E-state index contributed by atoms with van der Waals surface area (Å²) in [7, 11) is 2.15. The number of pyridine rings is 1. The molecule has 1 aromatic carbocycles. The first kappa shape index (κ1) is 15.9. The highest BCUT2D eigenvalue weighted by atomic mass is 19.1. The maximum atomic E-state index is 12.9. The number of piperazine rings is 1. The molecule has 3 rings (SSSR count). The van der Waals surface area contributed by atoms with Crippen LogP contribution in [0.1, 0.15) is 11.1 Å². The van der Waals surface area contributed by atoms with Crippen LogP contribution in [-0.2, 0) is 13.1 Å². The monoisotopic (exact) mass is 314 g/mol. The summed E-state index contributed by atoms with van der Waals surface area (Å²) >= 11 is 0. The Hall–Kier alpha value is -1.98. The lowest BCUT2D eigenvalue weighted by Gasteiger charge is -2.34. The second-order valence-corrected chi connectivity index (χ2v) is 6.01. The normalized spacial score (nSPS) is 15.8. The van der Waals surface area contributed by atoms with Gasteiger partial charge in [0.15, 0.2) is 0 Å². The predicted molar refractivity (Wildman–Crippen MR) is 90.9 cm³/mol. The molecule has 0 atom stereocenters. The van der Waals surface area contributed by atoms with E-state index in [0.29, 0.717) is 0 Å². The van der Waals surface area contributed by atoms with Crippen molar-refractivity contribution in [2.45, 2.75) is 13.1 Å². The van der Waals surface area contributed by atoms with Crippen LogP contribution < -0.4 is 10.2 Å². The van der Waals surface area contributed by atoms with Gasteiger partial charge in [0.1, 0.15) is 11.6 Å².